The number of hydrogen-bond donors (Lipinski definition) is 2. The zero-order valence-corrected chi connectivity index (χ0v) is 12.0. The van der Waals surface area contributed by atoms with Crippen LogP contribution in [0.5, 0.6) is 0 Å². The van der Waals surface area contributed by atoms with E-state index in [1.807, 2.05) is 0 Å². The van der Waals surface area contributed by atoms with Crippen molar-refractivity contribution in [3.05, 3.63) is 22.2 Å². The number of fused-ring (bicyclic) bond motifs is 1. The van der Waals surface area contributed by atoms with E-state index in [2.05, 4.69) is 20.9 Å². The molecule has 0 aliphatic heterocycles. The normalized spacial score (nSPS) is 10.6. The number of carbonyl (C=O) groups is 2. The van der Waals surface area contributed by atoms with Gasteiger partial charge in [-0.2, -0.15) is 0 Å². The van der Waals surface area contributed by atoms with Crippen LogP contribution in [0.15, 0.2) is 12.1 Å². The molecular formula is C11H11Cl2N5O2. The van der Waals surface area contributed by atoms with Gasteiger partial charge in [-0.05, 0) is 12.1 Å². The highest BCUT2D eigenvalue weighted by molar-refractivity contribution is 6.42. The summed E-state index contributed by atoms with van der Waals surface area (Å²) in [5.74, 6) is -0.409. The topological polar surface area (TPSA) is 88.9 Å². The van der Waals surface area contributed by atoms with Crippen molar-refractivity contribution in [1.82, 2.24) is 25.6 Å². The van der Waals surface area contributed by atoms with Crippen LogP contribution in [-0.4, -0.2) is 34.0 Å². The third-order valence-electron chi connectivity index (χ3n) is 2.59. The van der Waals surface area contributed by atoms with Gasteiger partial charge < -0.3 is 5.32 Å². The number of benzene rings is 1. The Hall–Kier alpha value is -1.86. The van der Waals surface area contributed by atoms with Crippen LogP contribution in [0.2, 0.25) is 10.0 Å². The summed E-state index contributed by atoms with van der Waals surface area (Å²) in [4.78, 5) is 22.5. The molecule has 9 heteroatoms. The smallest absolute Gasteiger partial charge is 0.321 e. The predicted octanol–water partition coefficient (Wildman–Crippen LogP) is 1.58. The standard InChI is InChI=1S/C11H11Cl2N5O2/c1-14-11(20)15-10(19)2-3-18-9-5-7(13)6(12)4-8(9)16-17-18/h4-5H,2-3H2,1H3,(H2,14,15,19,20). The number of nitrogens with one attached hydrogen (secondary N) is 2. The molecular weight excluding hydrogens is 305 g/mol. The molecule has 0 saturated heterocycles. The Morgan fingerprint density at radius 3 is 2.70 bits per heavy atom. The maximum Gasteiger partial charge on any atom is 0.321 e. The molecule has 1 heterocycles. The molecule has 0 fully saturated rings. The number of rotatable bonds is 3. The van der Waals surface area contributed by atoms with Crippen LogP contribution in [0, 0.1) is 0 Å². The number of hydrogen-bond acceptors (Lipinski definition) is 4. The quantitative estimate of drug-likeness (QED) is 0.900. The lowest BCUT2D eigenvalue weighted by atomic mass is 10.3. The average Bonchev–Trinajstić information content (AvgIpc) is 2.79. The van der Waals surface area contributed by atoms with E-state index in [0.717, 1.165) is 0 Å². The number of nitrogens with zero attached hydrogens (tertiary/aromatic N) is 3. The average molecular weight is 316 g/mol. The number of imide groups is 1. The minimum Gasteiger partial charge on any atom is -0.341 e. The van der Waals surface area contributed by atoms with Gasteiger partial charge in [0.2, 0.25) is 5.91 Å². The van der Waals surface area contributed by atoms with Crippen molar-refractivity contribution in [2.75, 3.05) is 7.05 Å². The molecule has 0 spiro atoms. The summed E-state index contributed by atoms with van der Waals surface area (Å²) in [6, 6.07) is 2.69. The van der Waals surface area contributed by atoms with E-state index in [0.29, 0.717) is 21.1 Å². The molecule has 0 atom stereocenters. The minimum absolute atomic E-state index is 0.0894. The first kappa shape index (κ1) is 14.5. The molecule has 0 bridgehead atoms. The van der Waals surface area contributed by atoms with Crippen LogP contribution < -0.4 is 10.6 Å². The molecule has 2 aromatic rings. The Kier molecular flexibility index (Phi) is 4.41. The highest BCUT2D eigenvalue weighted by atomic mass is 35.5. The van der Waals surface area contributed by atoms with Crippen LogP contribution >= 0.6 is 23.2 Å². The molecule has 1 aromatic heterocycles. The molecule has 2 rings (SSSR count). The largest absolute Gasteiger partial charge is 0.341 e. The molecule has 0 unspecified atom stereocenters. The third kappa shape index (κ3) is 3.17. The maximum absolute atomic E-state index is 11.5. The van der Waals surface area contributed by atoms with Crippen LogP contribution in [0.4, 0.5) is 4.79 Å². The zero-order chi connectivity index (χ0) is 14.7. The second-order valence-corrected chi connectivity index (χ2v) is 4.76. The lowest BCUT2D eigenvalue weighted by molar-refractivity contribution is -0.120. The van der Waals surface area contributed by atoms with E-state index in [9.17, 15) is 9.59 Å². The Labute approximate surface area is 124 Å². The van der Waals surface area contributed by atoms with Crippen molar-refractivity contribution in [2.45, 2.75) is 13.0 Å². The fourth-order valence-corrected chi connectivity index (χ4v) is 1.90. The van der Waals surface area contributed by atoms with Crippen molar-refractivity contribution in [2.24, 2.45) is 0 Å². The van der Waals surface area contributed by atoms with Gasteiger partial charge in [-0.15, -0.1) is 5.10 Å². The first-order valence-electron chi connectivity index (χ1n) is 5.71. The maximum atomic E-state index is 11.5. The fourth-order valence-electron chi connectivity index (χ4n) is 1.59. The Balaban J connectivity index is 2.09. The zero-order valence-electron chi connectivity index (χ0n) is 10.5. The molecule has 0 aliphatic rings. The number of amides is 3. The van der Waals surface area contributed by atoms with Gasteiger partial charge in [0, 0.05) is 13.5 Å². The SMILES string of the molecule is CNC(=O)NC(=O)CCn1nnc2cc(Cl)c(Cl)cc21. The summed E-state index contributed by atoms with van der Waals surface area (Å²) in [5, 5.41) is 13.1. The Bertz CT molecular complexity index is 670. The molecule has 106 valence electrons. The Morgan fingerprint density at radius 1 is 1.30 bits per heavy atom. The first-order chi connectivity index (χ1) is 9.51. The van der Waals surface area contributed by atoms with Crippen molar-refractivity contribution in [3.63, 3.8) is 0 Å². The lowest BCUT2D eigenvalue weighted by Crippen LogP contribution is -2.37. The fraction of sp³-hybridized carbons (Fsp3) is 0.273. The summed E-state index contributed by atoms with van der Waals surface area (Å²) in [6.45, 7) is 0.275. The van der Waals surface area contributed by atoms with E-state index in [-0.39, 0.29) is 13.0 Å². The Morgan fingerprint density at radius 2 is 2.00 bits per heavy atom. The molecule has 7 nitrogen and oxygen atoms in total. The van der Waals surface area contributed by atoms with Crippen LogP contribution in [-0.2, 0) is 11.3 Å². The molecule has 0 aliphatic carbocycles. The molecule has 1 aromatic carbocycles. The third-order valence-corrected chi connectivity index (χ3v) is 3.31. The van der Waals surface area contributed by atoms with Crippen molar-refractivity contribution in [3.8, 4) is 0 Å². The number of aromatic nitrogens is 3. The first-order valence-corrected chi connectivity index (χ1v) is 6.46. The summed E-state index contributed by atoms with van der Waals surface area (Å²) in [6.07, 6.45) is 0.0894. The van der Waals surface area contributed by atoms with Gasteiger partial charge in [0.1, 0.15) is 5.52 Å². The van der Waals surface area contributed by atoms with E-state index >= 15 is 0 Å². The second kappa shape index (κ2) is 6.06. The van der Waals surface area contributed by atoms with Crippen molar-refractivity contribution in [1.29, 1.82) is 0 Å². The molecule has 0 radical (unpaired) electrons. The van der Waals surface area contributed by atoms with Crippen LogP contribution in [0.3, 0.4) is 0 Å². The number of carbonyl (C=O) groups excluding carboxylic acids is 2. The highest BCUT2D eigenvalue weighted by Gasteiger charge is 2.11. The van der Waals surface area contributed by atoms with Gasteiger partial charge >= 0.3 is 6.03 Å². The van der Waals surface area contributed by atoms with Crippen LogP contribution in [0.25, 0.3) is 11.0 Å². The summed E-state index contributed by atoms with van der Waals surface area (Å²) >= 11 is 11.8. The van der Waals surface area contributed by atoms with E-state index < -0.39 is 11.9 Å². The lowest BCUT2D eigenvalue weighted by Gasteiger charge is -2.04. The van der Waals surface area contributed by atoms with Gasteiger partial charge in [-0.1, -0.05) is 28.4 Å². The summed E-state index contributed by atoms with van der Waals surface area (Å²) in [5.41, 5.74) is 1.26. The van der Waals surface area contributed by atoms with Gasteiger partial charge in [0.15, 0.2) is 0 Å². The van der Waals surface area contributed by atoms with Crippen molar-refractivity contribution >= 4 is 46.2 Å². The molecule has 0 saturated carbocycles. The van der Waals surface area contributed by atoms with Gasteiger partial charge in [0.05, 0.1) is 22.1 Å². The number of urea groups is 1. The number of aryl methyl sites for hydroxylation is 1. The monoisotopic (exact) mass is 315 g/mol. The number of halogens is 2. The van der Waals surface area contributed by atoms with Crippen molar-refractivity contribution < 1.29 is 9.59 Å². The van der Waals surface area contributed by atoms with E-state index in [4.69, 9.17) is 23.2 Å². The molecule has 3 amide bonds. The van der Waals surface area contributed by atoms with Gasteiger partial charge in [-0.3, -0.25) is 10.1 Å². The summed E-state index contributed by atoms with van der Waals surface area (Å²) < 4.78 is 1.53. The van der Waals surface area contributed by atoms with E-state index in [1.165, 1.54) is 11.7 Å². The van der Waals surface area contributed by atoms with Crippen LogP contribution in [0.1, 0.15) is 6.42 Å². The summed E-state index contributed by atoms with van der Waals surface area (Å²) in [7, 11) is 1.43. The second-order valence-electron chi connectivity index (χ2n) is 3.94. The minimum atomic E-state index is -0.548. The molecule has 2 N–H and O–H groups in total. The molecule has 20 heavy (non-hydrogen) atoms. The van der Waals surface area contributed by atoms with Gasteiger partial charge in [0.25, 0.3) is 0 Å². The predicted molar refractivity (Wildman–Crippen MR) is 74.8 cm³/mol. The van der Waals surface area contributed by atoms with Gasteiger partial charge in [-0.25, -0.2) is 9.48 Å². The highest BCUT2D eigenvalue weighted by Crippen LogP contribution is 2.26. The van der Waals surface area contributed by atoms with E-state index in [1.54, 1.807) is 12.1 Å².